The number of aromatic nitrogens is 2. The van der Waals surface area contributed by atoms with Crippen LogP contribution in [0.15, 0.2) is 46.0 Å². The largest absolute Gasteiger partial charge is 0.489 e. The van der Waals surface area contributed by atoms with E-state index in [-0.39, 0.29) is 21.0 Å². The van der Waals surface area contributed by atoms with Gasteiger partial charge in [-0.2, -0.15) is 5.10 Å². The first-order valence-corrected chi connectivity index (χ1v) is 9.76. The van der Waals surface area contributed by atoms with Gasteiger partial charge in [0.2, 0.25) is 0 Å². The third-order valence-corrected chi connectivity index (χ3v) is 5.36. The number of anilines is 1. The molecule has 0 radical (unpaired) electrons. The van der Waals surface area contributed by atoms with E-state index in [4.69, 9.17) is 4.74 Å². The maximum absolute atomic E-state index is 13.9. The van der Waals surface area contributed by atoms with Gasteiger partial charge in [-0.3, -0.25) is 4.72 Å². The Morgan fingerprint density at radius 3 is 2.65 bits per heavy atom. The van der Waals surface area contributed by atoms with Gasteiger partial charge in [-0.05, 0) is 48.0 Å². The summed E-state index contributed by atoms with van der Waals surface area (Å²) in [5.74, 6) is -1.18. The lowest BCUT2D eigenvalue weighted by Gasteiger charge is -2.10. The molecule has 0 amide bonds. The second kappa shape index (κ2) is 6.84. The Kier molecular flexibility index (Phi) is 4.89. The fourth-order valence-electron chi connectivity index (χ4n) is 2.29. The Bertz CT molecular complexity index is 1080. The van der Waals surface area contributed by atoms with Gasteiger partial charge in [-0.1, -0.05) is 0 Å². The molecule has 1 N–H and O–H groups in total. The van der Waals surface area contributed by atoms with Crippen molar-refractivity contribution in [3.63, 3.8) is 0 Å². The lowest BCUT2D eigenvalue weighted by molar-refractivity contribution is 0.241. The Balaban J connectivity index is 1.98. The molecule has 10 heteroatoms. The molecule has 138 valence electrons. The molecule has 0 aliphatic heterocycles. The minimum atomic E-state index is -4.18. The third kappa shape index (κ3) is 3.65. The van der Waals surface area contributed by atoms with Crippen LogP contribution in [0.1, 0.15) is 13.8 Å². The monoisotopic (exact) mass is 445 g/mol. The van der Waals surface area contributed by atoms with Crippen molar-refractivity contribution < 1.29 is 21.9 Å². The highest BCUT2D eigenvalue weighted by Crippen LogP contribution is 2.27. The second-order valence-electron chi connectivity index (χ2n) is 5.72. The lowest BCUT2D eigenvalue weighted by atomic mass is 10.3. The number of pyridine rings is 1. The van der Waals surface area contributed by atoms with Gasteiger partial charge in [0.25, 0.3) is 10.0 Å². The molecule has 3 rings (SSSR count). The second-order valence-corrected chi connectivity index (χ2v) is 8.23. The van der Waals surface area contributed by atoms with Crippen LogP contribution in [-0.4, -0.2) is 24.1 Å². The van der Waals surface area contributed by atoms with E-state index in [0.717, 1.165) is 18.3 Å². The highest BCUT2D eigenvalue weighted by molar-refractivity contribution is 9.10. The summed E-state index contributed by atoms with van der Waals surface area (Å²) in [6.07, 6.45) is 2.61. The zero-order valence-corrected chi connectivity index (χ0v) is 16.1. The summed E-state index contributed by atoms with van der Waals surface area (Å²) in [4.78, 5) is -0.170. The molecule has 0 saturated heterocycles. The van der Waals surface area contributed by atoms with Crippen molar-refractivity contribution in [3.05, 3.63) is 52.8 Å². The maximum atomic E-state index is 13.9. The number of rotatable bonds is 5. The smallest absolute Gasteiger partial charge is 0.265 e. The van der Waals surface area contributed by atoms with E-state index >= 15 is 0 Å². The molecule has 2 heterocycles. The number of nitrogens with one attached hydrogen (secondary N) is 1. The van der Waals surface area contributed by atoms with Gasteiger partial charge in [-0.15, -0.1) is 0 Å². The van der Waals surface area contributed by atoms with E-state index in [1.165, 1.54) is 16.8 Å². The molecule has 26 heavy (non-hydrogen) atoms. The van der Waals surface area contributed by atoms with Crippen LogP contribution in [0.5, 0.6) is 5.75 Å². The predicted molar refractivity (Wildman–Crippen MR) is 95.8 cm³/mol. The van der Waals surface area contributed by atoms with E-state index in [2.05, 4.69) is 21.0 Å². The van der Waals surface area contributed by atoms with Gasteiger partial charge < -0.3 is 4.74 Å². The van der Waals surface area contributed by atoms with Crippen LogP contribution in [0.3, 0.4) is 0 Å². The van der Waals surface area contributed by atoms with E-state index in [0.29, 0.717) is 5.75 Å². The number of hydrogen-bond donors (Lipinski definition) is 1. The number of nitrogens with zero attached hydrogens (tertiary/aromatic N) is 2. The summed E-state index contributed by atoms with van der Waals surface area (Å²) in [7, 11) is -4.18. The molecule has 0 spiro atoms. The van der Waals surface area contributed by atoms with E-state index in [1.807, 2.05) is 18.6 Å². The summed E-state index contributed by atoms with van der Waals surface area (Å²) in [5.41, 5.74) is -0.226. The predicted octanol–water partition coefficient (Wildman–Crippen LogP) is 3.96. The van der Waals surface area contributed by atoms with E-state index < -0.39 is 27.3 Å². The van der Waals surface area contributed by atoms with Crippen molar-refractivity contribution >= 4 is 37.2 Å². The van der Waals surface area contributed by atoms with E-state index in [9.17, 15) is 17.2 Å². The quantitative estimate of drug-likeness (QED) is 0.603. The van der Waals surface area contributed by atoms with Gasteiger partial charge in [-0.25, -0.2) is 21.7 Å². The standard InChI is InChI=1S/C16H14BrF2N3O3S/c1-9(2)25-10-3-4-15-16(7-20-22(15)8-10)26(23,24)21-14-6-12(18)11(17)5-13(14)19/h3-9,21H,1-2H3. The first-order chi connectivity index (χ1) is 12.2. The normalized spacial score (nSPS) is 11.9. The molecule has 0 aliphatic rings. The fraction of sp³-hybridized carbons (Fsp3) is 0.188. The molecule has 1 aromatic carbocycles. The SMILES string of the molecule is CC(C)Oc1ccc2c(S(=O)(=O)Nc3cc(F)c(Br)cc3F)cnn2c1. The van der Waals surface area contributed by atoms with Gasteiger partial charge in [0.05, 0.1) is 34.2 Å². The number of fused-ring (bicyclic) bond motifs is 1. The molecule has 0 saturated carbocycles. The number of ether oxygens (including phenoxy) is 1. The zero-order valence-electron chi connectivity index (χ0n) is 13.7. The number of sulfonamides is 1. The first kappa shape index (κ1) is 18.6. The lowest BCUT2D eigenvalue weighted by Crippen LogP contribution is -2.14. The minimum absolute atomic E-state index is 0.0526. The maximum Gasteiger partial charge on any atom is 0.265 e. The average molecular weight is 446 g/mol. The molecule has 0 fully saturated rings. The molecular weight excluding hydrogens is 432 g/mol. The molecule has 0 atom stereocenters. The Morgan fingerprint density at radius 1 is 1.23 bits per heavy atom. The van der Waals surface area contributed by atoms with Crippen LogP contribution >= 0.6 is 15.9 Å². The number of benzene rings is 1. The average Bonchev–Trinajstić information content (AvgIpc) is 2.96. The van der Waals surface area contributed by atoms with Crippen LogP contribution in [0, 0.1) is 11.6 Å². The summed E-state index contributed by atoms with van der Waals surface area (Å²) < 4.78 is 61.5. The summed E-state index contributed by atoms with van der Waals surface area (Å²) in [5, 5.41) is 3.99. The summed E-state index contributed by atoms with van der Waals surface area (Å²) >= 11 is 2.84. The van der Waals surface area contributed by atoms with Gasteiger partial charge in [0, 0.05) is 6.07 Å². The fourth-order valence-corrected chi connectivity index (χ4v) is 3.79. The summed E-state index contributed by atoms with van der Waals surface area (Å²) in [6, 6.07) is 4.74. The Morgan fingerprint density at radius 2 is 1.96 bits per heavy atom. The third-order valence-electron chi connectivity index (χ3n) is 3.37. The van der Waals surface area contributed by atoms with Gasteiger partial charge in [0.1, 0.15) is 22.3 Å². The highest BCUT2D eigenvalue weighted by Gasteiger charge is 2.22. The van der Waals surface area contributed by atoms with Crippen LogP contribution < -0.4 is 9.46 Å². The molecule has 0 bridgehead atoms. The van der Waals surface area contributed by atoms with Gasteiger partial charge in [0.15, 0.2) is 0 Å². The van der Waals surface area contributed by atoms with Crippen molar-refractivity contribution in [2.45, 2.75) is 24.8 Å². The molecule has 0 unspecified atom stereocenters. The molecule has 3 aromatic rings. The topological polar surface area (TPSA) is 72.7 Å². The molecular formula is C16H14BrF2N3O3S. The number of halogens is 3. The molecule has 2 aromatic heterocycles. The van der Waals surface area contributed by atoms with Crippen LogP contribution in [0.25, 0.3) is 5.52 Å². The van der Waals surface area contributed by atoms with Crippen LogP contribution in [0.2, 0.25) is 0 Å². The van der Waals surface area contributed by atoms with Crippen molar-refractivity contribution in [1.82, 2.24) is 9.61 Å². The van der Waals surface area contributed by atoms with E-state index in [1.54, 1.807) is 6.07 Å². The highest BCUT2D eigenvalue weighted by atomic mass is 79.9. The number of hydrogen-bond acceptors (Lipinski definition) is 4. The molecule has 6 nitrogen and oxygen atoms in total. The van der Waals surface area contributed by atoms with Crippen LogP contribution in [0.4, 0.5) is 14.5 Å². The van der Waals surface area contributed by atoms with Gasteiger partial charge >= 0.3 is 0 Å². The Hall–Kier alpha value is -2.20. The first-order valence-electron chi connectivity index (χ1n) is 7.49. The van der Waals surface area contributed by atoms with Crippen molar-refractivity contribution in [2.75, 3.05) is 4.72 Å². The van der Waals surface area contributed by atoms with Crippen LogP contribution in [-0.2, 0) is 10.0 Å². The van der Waals surface area contributed by atoms with Crippen molar-refractivity contribution in [2.24, 2.45) is 0 Å². The Labute approximate surface area is 157 Å². The van der Waals surface area contributed by atoms with Crippen molar-refractivity contribution in [3.8, 4) is 5.75 Å². The minimum Gasteiger partial charge on any atom is -0.489 e. The molecule has 0 aliphatic carbocycles. The summed E-state index contributed by atoms with van der Waals surface area (Å²) in [6.45, 7) is 3.72. The van der Waals surface area contributed by atoms with Crippen molar-refractivity contribution in [1.29, 1.82) is 0 Å². The zero-order chi connectivity index (χ0) is 19.1.